The van der Waals surface area contributed by atoms with Crippen LogP contribution in [-0.4, -0.2) is 30.1 Å². The molecule has 1 aliphatic heterocycles. The molecule has 1 aromatic rings. The minimum Gasteiger partial charge on any atom is -0.508 e. The number of nitrogens with zero attached hydrogens (tertiary/aromatic N) is 1. The average molecular weight is 192 g/mol. The Morgan fingerprint density at radius 2 is 2.36 bits per heavy atom. The van der Waals surface area contributed by atoms with E-state index >= 15 is 0 Å². The first-order valence-electron chi connectivity index (χ1n) is 5.00. The fourth-order valence-corrected chi connectivity index (χ4v) is 1.92. The minimum absolute atomic E-state index is 0.246. The van der Waals surface area contributed by atoms with Gasteiger partial charge in [0.1, 0.15) is 5.75 Å². The van der Waals surface area contributed by atoms with E-state index in [4.69, 9.17) is 0 Å². The summed E-state index contributed by atoms with van der Waals surface area (Å²) in [6.45, 7) is 2.15. The summed E-state index contributed by atoms with van der Waals surface area (Å²) in [5.74, 6) is 0.336. The van der Waals surface area contributed by atoms with Gasteiger partial charge < -0.3 is 5.11 Å². The van der Waals surface area contributed by atoms with Crippen LogP contribution >= 0.6 is 0 Å². The van der Waals surface area contributed by atoms with Crippen molar-refractivity contribution in [1.82, 2.24) is 10.2 Å². The number of nitrogens with one attached hydrogen (secondary N) is 1. The molecular formula is C11H16N2O. The summed E-state index contributed by atoms with van der Waals surface area (Å²) in [4.78, 5) is 2.26. The molecule has 2 rings (SSSR count). The van der Waals surface area contributed by atoms with Crippen LogP contribution in [0.5, 0.6) is 5.75 Å². The molecule has 3 heteroatoms. The highest BCUT2D eigenvalue weighted by Gasteiger charge is 2.19. The van der Waals surface area contributed by atoms with E-state index in [1.165, 1.54) is 6.42 Å². The Morgan fingerprint density at radius 1 is 1.50 bits per heavy atom. The lowest BCUT2D eigenvalue weighted by Gasteiger charge is -2.33. The van der Waals surface area contributed by atoms with Crippen LogP contribution in [0.25, 0.3) is 0 Å². The molecular weight excluding hydrogens is 176 g/mol. The van der Waals surface area contributed by atoms with Crippen molar-refractivity contribution in [2.24, 2.45) is 0 Å². The van der Waals surface area contributed by atoms with E-state index in [0.717, 1.165) is 18.7 Å². The number of hydrogen-bond acceptors (Lipinski definition) is 3. The Kier molecular flexibility index (Phi) is 2.70. The van der Waals surface area contributed by atoms with Crippen LogP contribution in [0.2, 0.25) is 0 Å². The van der Waals surface area contributed by atoms with Crippen LogP contribution in [-0.2, 0) is 0 Å². The molecule has 1 aromatic carbocycles. The second kappa shape index (κ2) is 3.98. The molecule has 1 saturated heterocycles. The Morgan fingerprint density at radius 3 is 3.07 bits per heavy atom. The largest absolute Gasteiger partial charge is 0.508 e. The summed E-state index contributed by atoms with van der Waals surface area (Å²) >= 11 is 0. The molecule has 0 spiro atoms. The van der Waals surface area contributed by atoms with E-state index in [0.29, 0.717) is 5.75 Å². The third kappa shape index (κ3) is 1.89. The lowest BCUT2D eigenvalue weighted by Crippen LogP contribution is -2.42. The van der Waals surface area contributed by atoms with E-state index in [-0.39, 0.29) is 6.17 Å². The van der Waals surface area contributed by atoms with Gasteiger partial charge in [-0.2, -0.15) is 0 Å². The van der Waals surface area contributed by atoms with Crippen LogP contribution in [0, 0.1) is 0 Å². The number of aromatic hydroxyl groups is 1. The second-order valence-corrected chi connectivity index (χ2v) is 3.79. The lowest BCUT2D eigenvalue weighted by molar-refractivity contribution is 0.167. The Labute approximate surface area is 84.4 Å². The molecule has 0 bridgehead atoms. The minimum atomic E-state index is 0.246. The summed E-state index contributed by atoms with van der Waals surface area (Å²) in [5, 5.41) is 12.8. The molecule has 1 atom stereocenters. The maximum absolute atomic E-state index is 9.38. The first-order valence-corrected chi connectivity index (χ1v) is 5.00. The SMILES string of the molecule is CN1CCCNC1c1cccc(O)c1. The first kappa shape index (κ1) is 9.49. The molecule has 76 valence electrons. The fraction of sp³-hybridized carbons (Fsp3) is 0.455. The normalized spacial score (nSPS) is 23.6. The Hall–Kier alpha value is -1.06. The maximum atomic E-state index is 9.38. The highest BCUT2D eigenvalue weighted by atomic mass is 16.3. The van der Waals surface area contributed by atoms with Gasteiger partial charge in [0.15, 0.2) is 0 Å². The van der Waals surface area contributed by atoms with Gasteiger partial charge >= 0.3 is 0 Å². The second-order valence-electron chi connectivity index (χ2n) is 3.79. The zero-order valence-electron chi connectivity index (χ0n) is 8.40. The topological polar surface area (TPSA) is 35.5 Å². The predicted molar refractivity (Wildman–Crippen MR) is 56.1 cm³/mol. The predicted octanol–water partition coefficient (Wildman–Crippen LogP) is 1.32. The third-order valence-electron chi connectivity index (χ3n) is 2.65. The number of benzene rings is 1. The lowest BCUT2D eigenvalue weighted by atomic mass is 10.1. The smallest absolute Gasteiger partial charge is 0.115 e. The summed E-state index contributed by atoms with van der Waals surface area (Å²) in [6, 6.07) is 7.44. The molecule has 1 aliphatic rings. The summed E-state index contributed by atoms with van der Waals surface area (Å²) in [6.07, 6.45) is 1.43. The highest BCUT2D eigenvalue weighted by Crippen LogP contribution is 2.22. The van der Waals surface area contributed by atoms with Crippen molar-refractivity contribution in [2.45, 2.75) is 12.6 Å². The van der Waals surface area contributed by atoms with Crippen LogP contribution in [0.1, 0.15) is 18.2 Å². The van der Waals surface area contributed by atoms with Crippen molar-refractivity contribution < 1.29 is 5.11 Å². The molecule has 3 nitrogen and oxygen atoms in total. The van der Waals surface area contributed by atoms with Crippen LogP contribution < -0.4 is 5.32 Å². The Balaban J connectivity index is 2.20. The summed E-state index contributed by atoms with van der Waals surface area (Å²) < 4.78 is 0. The molecule has 0 aliphatic carbocycles. The van der Waals surface area contributed by atoms with Gasteiger partial charge in [-0.3, -0.25) is 10.2 Å². The molecule has 1 unspecified atom stereocenters. The highest BCUT2D eigenvalue weighted by molar-refractivity contribution is 5.29. The van der Waals surface area contributed by atoms with E-state index in [9.17, 15) is 5.11 Å². The number of phenolic OH excluding ortho intramolecular Hbond substituents is 1. The van der Waals surface area contributed by atoms with Crippen LogP contribution in [0.4, 0.5) is 0 Å². The van der Waals surface area contributed by atoms with Gasteiger partial charge in [0, 0.05) is 6.54 Å². The van der Waals surface area contributed by atoms with E-state index < -0.39 is 0 Å². The Bertz CT molecular complexity index is 314. The van der Waals surface area contributed by atoms with Crippen LogP contribution in [0.15, 0.2) is 24.3 Å². The van der Waals surface area contributed by atoms with Crippen molar-refractivity contribution in [2.75, 3.05) is 20.1 Å². The zero-order valence-corrected chi connectivity index (χ0v) is 8.40. The molecule has 14 heavy (non-hydrogen) atoms. The average Bonchev–Trinajstić information content (AvgIpc) is 2.18. The van der Waals surface area contributed by atoms with Gasteiger partial charge in [-0.15, -0.1) is 0 Å². The molecule has 1 fully saturated rings. The van der Waals surface area contributed by atoms with Crippen LogP contribution in [0.3, 0.4) is 0 Å². The van der Waals surface area contributed by atoms with Gasteiger partial charge in [-0.05, 0) is 37.7 Å². The molecule has 0 saturated carbocycles. The van der Waals surface area contributed by atoms with Gasteiger partial charge in [-0.1, -0.05) is 12.1 Å². The maximum Gasteiger partial charge on any atom is 0.115 e. The number of phenols is 1. The fourth-order valence-electron chi connectivity index (χ4n) is 1.92. The van der Waals surface area contributed by atoms with Crippen molar-refractivity contribution in [3.8, 4) is 5.75 Å². The standard InChI is InChI=1S/C11H16N2O/c1-13-7-3-6-12-11(13)9-4-2-5-10(14)8-9/h2,4-5,8,11-12,14H,3,6-7H2,1H3. The van der Waals surface area contributed by atoms with Gasteiger partial charge in [0.25, 0.3) is 0 Å². The van der Waals surface area contributed by atoms with Gasteiger partial charge in [-0.25, -0.2) is 0 Å². The monoisotopic (exact) mass is 192 g/mol. The van der Waals surface area contributed by atoms with Gasteiger partial charge in [0.2, 0.25) is 0 Å². The number of hydrogen-bond donors (Lipinski definition) is 2. The molecule has 0 radical (unpaired) electrons. The van der Waals surface area contributed by atoms with Crippen molar-refractivity contribution in [3.05, 3.63) is 29.8 Å². The third-order valence-corrected chi connectivity index (χ3v) is 2.65. The molecule has 0 amide bonds. The first-order chi connectivity index (χ1) is 6.77. The number of rotatable bonds is 1. The molecule has 2 N–H and O–H groups in total. The molecule has 0 aromatic heterocycles. The quantitative estimate of drug-likeness (QED) is 0.704. The van der Waals surface area contributed by atoms with Crippen molar-refractivity contribution in [3.63, 3.8) is 0 Å². The zero-order chi connectivity index (χ0) is 9.97. The van der Waals surface area contributed by atoms with E-state index in [1.54, 1.807) is 6.07 Å². The van der Waals surface area contributed by atoms with E-state index in [2.05, 4.69) is 17.3 Å². The van der Waals surface area contributed by atoms with E-state index in [1.807, 2.05) is 18.2 Å². The summed E-state index contributed by atoms with van der Waals surface area (Å²) in [7, 11) is 2.10. The van der Waals surface area contributed by atoms with Crippen molar-refractivity contribution in [1.29, 1.82) is 0 Å². The molecule has 1 heterocycles. The van der Waals surface area contributed by atoms with Gasteiger partial charge in [0.05, 0.1) is 6.17 Å². The van der Waals surface area contributed by atoms with Crippen molar-refractivity contribution >= 4 is 0 Å². The summed E-state index contributed by atoms with van der Waals surface area (Å²) in [5.41, 5.74) is 1.13.